The van der Waals surface area contributed by atoms with E-state index in [-0.39, 0.29) is 32.0 Å². The van der Waals surface area contributed by atoms with Gasteiger partial charge in [-0.1, -0.05) is 218 Å². The van der Waals surface area contributed by atoms with Gasteiger partial charge in [-0.2, -0.15) is 0 Å². The van der Waals surface area contributed by atoms with Crippen LogP contribution in [0.3, 0.4) is 0 Å². The number of phosphoric ester groups is 1. The fourth-order valence-corrected chi connectivity index (χ4v) is 8.32. The molecule has 10 heteroatoms. The van der Waals surface area contributed by atoms with Gasteiger partial charge in [0, 0.05) is 12.8 Å². The van der Waals surface area contributed by atoms with Gasteiger partial charge in [0.25, 0.3) is 0 Å². The third-order valence-corrected chi connectivity index (χ3v) is 12.7. The summed E-state index contributed by atoms with van der Waals surface area (Å²) in [7, 11) is 1.49. The Labute approximate surface area is 389 Å². The molecule has 0 bridgehead atoms. The molecular formula is C53H103NO8P+. The van der Waals surface area contributed by atoms with E-state index < -0.39 is 26.5 Å². The van der Waals surface area contributed by atoms with Crippen LogP contribution in [0.5, 0.6) is 0 Å². The molecule has 0 aliphatic carbocycles. The van der Waals surface area contributed by atoms with Gasteiger partial charge in [0.05, 0.1) is 27.7 Å². The van der Waals surface area contributed by atoms with Crippen LogP contribution in [0, 0.1) is 0 Å². The minimum Gasteiger partial charge on any atom is -0.462 e. The first kappa shape index (κ1) is 61.5. The van der Waals surface area contributed by atoms with Crippen molar-refractivity contribution in [3.8, 4) is 0 Å². The SMILES string of the molecule is CCCCCCC/C=C\C/C=C\CCCCCCCCCCCCCCCCCCCCCCCC(=O)OC(COC(=O)CCCCCCCC)COP(=O)(O)OCC[N+](C)(C)C. The minimum atomic E-state index is -4.36. The van der Waals surface area contributed by atoms with Crippen molar-refractivity contribution in [3.05, 3.63) is 24.3 Å². The number of esters is 2. The van der Waals surface area contributed by atoms with E-state index in [4.69, 9.17) is 18.5 Å². The fourth-order valence-electron chi connectivity index (χ4n) is 7.58. The summed E-state index contributed by atoms with van der Waals surface area (Å²) in [6, 6.07) is 0. The van der Waals surface area contributed by atoms with Crippen molar-refractivity contribution in [2.75, 3.05) is 47.5 Å². The van der Waals surface area contributed by atoms with Gasteiger partial charge in [0.1, 0.15) is 19.8 Å². The lowest BCUT2D eigenvalue weighted by Gasteiger charge is -2.24. The molecule has 0 fully saturated rings. The second-order valence-electron chi connectivity index (χ2n) is 19.3. The van der Waals surface area contributed by atoms with Crippen molar-refractivity contribution in [1.82, 2.24) is 0 Å². The van der Waals surface area contributed by atoms with E-state index in [0.717, 1.165) is 44.9 Å². The van der Waals surface area contributed by atoms with Gasteiger partial charge in [0.15, 0.2) is 6.10 Å². The molecule has 0 saturated heterocycles. The topological polar surface area (TPSA) is 108 Å². The van der Waals surface area contributed by atoms with Crippen LogP contribution in [0.2, 0.25) is 0 Å². The predicted octanol–water partition coefficient (Wildman–Crippen LogP) is 15.9. The molecular weight excluding hydrogens is 810 g/mol. The number of rotatable bonds is 49. The maximum Gasteiger partial charge on any atom is 0.472 e. The zero-order valence-electron chi connectivity index (χ0n) is 42.1. The summed E-state index contributed by atoms with van der Waals surface area (Å²) in [5, 5.41) is 0. The van der Waals surface area contributed by atoms with Crippen molar-refractivity contribution >= 4 is 19.8 Å². The molecule has 1 N–H and O–H groups in total. The number of carbonyl (C=O) groups is 2. The van der Waals surface area contributed by atoms with Crippen molar-refractivity contribution < 1.29 is 42.1 Å². The molecule has 0 amide bonds. The van der Waals surface area contributed by atoms with Crippen molar-refractivity contribution in [3.63, 3.8) is 0 Å². The van der Waals surface area contributed by atoms with Crippen LogP contribution in [0.15, 0.2) is 24.3 Å². The van der Waals surface area contributed by atoms with Crippen LogP contribution >= 0.6 is 7.82 Å². The molecule has 0 aromatic rings. The summed E-state index contributed by atoms with van der Waals surface area (Å²) in [4.78, 5) is 35.2. The maximum absolute atomic E-state index is 12.7. The fraction of sp³-hybridized carbons (Fsp3) is 0.887. The summed E-state index contributed by atoms with van der Waals surface area (Å²) in [5.74, 6) is -0.797. The number of likely N-dealkylation sites (N-methyl/N-ethyl adjacent to an activating group) is 1. The average molecular weight is 913 g/mol. The number of quaternary nitrogens is 1. The second-order valence-corrected chi connectivity index (χ2v) is 20.7. The van der Waals surface area contributed by atoms with E-state index >= 15 is 0 Å². The van der Waals surface area contributed by atoms with E-state index in [0.29, 0.717) is 17.4 Å². The monoisotopic (exact) mass is 913 g/mol. The van der Waals surface area contributed by atoms with Crippen LogP contribution in [0.4, 0.5) is 0 Å². The van der Waals surface area contributed by atoms with Crippen LogP contribution < -0.4 is 0 Å². The highest BCUT2D eigenvalue weighted by molar-refractivity contribution is 7.47. The van der Waals surface area contributed by atoms with Crippen LogP contribution in [0.1, 0.15) is 251 Å². The molecule has 63 heavy (non-hydrogen) atoms. The molecule has 0 aromatic heterocycles. The Morgan fingerprint density at radius 1 is 0.492 bits per heavy atom. The molecule has 0 aliphatic heterocycles. The highest BCUT2D eigenvalue weighted by Gasteiger charge is 2.27. The number of nitrogens with zero attached hydrogens (tertiary/aromatic N) is 1. The highest BCUT2D eigenvalue weighted by Crippen LogP contribution is 2.43. The van der Waals surface area contributed by atoms with E-state index in [1.165, 1.54) is 173 Å². The summed E-state index contributed by atoms with van der Waals surface area (Å²) >= 11 is 0. The van der Waals surface area contributed by atoms with E-state index in [1.54, 1.807) is 0 Å². The zero-order chi connectivity index (χ0) is 46.4. The number of phosphoric acid groups is 1. The standard InChI is InChI=1S/C53H102NO8P/c1-6-8-10-12-14-15-16-17-18-19-20-21-22-23-24-25-26-27-28-29-30-31-32-33-34-35-36-37-38-39-40-42-44-46-53(56)62-51(49-59-52(55)45-43-41-13-11-9-7-2)50-61-63(57,58)60-48-47-54(3,4)5/h16-17,19-20,51H,6-15,18,21-50H2,1-5H3/p+1/b17-16-,20-19-. The van der Waals surface area contributed by atoms with Gasteiger partial charge in [-0.25, -0.2) is 4.57 Å². The van der Waals surface area contributed by atoms with Gasteiger partial charge in [-0.05, 0) is 44.9 Å². The minimum absolute atomic E-state index is 0.0347. The molecule has 0 rings (SSSR count). The first-order valence-electron chi connectivity index (χ1n) is 26.6. The van der Waals surface area contributed by atoms with Gasteiger partial charge in [-0.3, -0.25) is 18.6 Å². The Balaban J connectivity index is 3.85. The number of allylic oxidation sites excluding steroid dienone is 4. The van der Waals surface area contributed by atoms with E-state index in [2.05, 4.69) is 38.2 Å². The van der Waals surface area contributed by atoms with Crippen LogP contribution in [0.25, 0.3) is 0 Å². The highest BCUT2D eigenvalue weighted by atomic mass is 31.2. The molecule has 0 heterocycles. The zero-order valence-corrected chi connectivity index (χ0v) is 43.0. The smallest absolute Gasteiger partial charge is 0.462 e. The molecule has 0 spiro atoms. The molecule has 0 aliphatic rings. The van der Waals surface area contributed by atoms with E-state index in [9.17, 15) is 19.0 Å². The maximum atomic E-state index is 12.7. The van der Waals surface area contributed by atoms with Crippen molar-refractivity contribution in [2.24, 2.45) is 0 Å². The predicted molar refractivity (Wildman–Crippen MR) is 266 cm³/mol. The number of hydrogen-bond acceptors (Lipinski definition) is 7. The van der Waals surface area contributed by atoms with E-state index in [1.807, 2.05) is 21.1 Å². The second kappa shape index (κ2) is 45.6. The average Bonchev–Trinajstić information content (AvgIpc) is 3.24. The molecule has 372 valence electrons. The lowest BCUT2D eigenvalue weighted by atomic mass is 10.0. The summed E-state index contributed by atoms with van der Waals surface area (Å²) in [6.45, 7) is 4.37. The molecule has 0 radical (unpaired) electrons. The normalized spacial score (nSPS) is 13.6. The van der Waals surface area contributed by atoms with Crippen LogP contribution in [-0.4, -0.2) is 74.9 Å². The Hall–Kier alpha value is -1.51. The van der Waals surface area contributed by atoms with Gasteiger partial charge in [0.2, 0.25) is 0 Å². The third-order valence-electron chi connectivity index (χ3n) is 11.7. The van der Waals surface area contributed by atoms with Gasteiger partial charge in [-0.15, -0.1) is 0 Å². The van der Waals surface area contributed by atoms with Crippen LogP contribution in [-0.2, 0) is 32.7 Å². The number of carbonyl (C=O) groups excluding carboxylic acids is 2. The Kier molecular flexibility index (Phi) is 44.5. The first-order valence-corrected chi connectivity index (χ1v) is 28.1. The Bertz CT molecular complexity index is 1120. The van der Waals surface area contributed by atoms with Crippen molar-refractivity contribution in [2.45, 2.75) is 258 Å². The summed E-state index contributed by atoms with van der Waals surface area (Å²) < 4.78 is 34.2. The van der Waals surface area contributed by atoms with Gasteiger partial charge < -0.3 is 18.9 Å². The summed E-state index contributed by atoms with van der Waals surface area (Å²) in [5.41, 5.74) is 0. The molecule has 2 atom stereocenters. The largest absolute Gasteiger partial charge is 0.472 e. The molecule has 0 aromatic carbocycles. The Morgan fingerprint density at radius 3 is 1.25 bits per heavy atom. The lowest BCUT2D eigenvalue weighted by Crippen LogP contribution is -2.37. The molecule has 0 saturated carbocycles. The number of hydrogen-bond donors (Lipinski definition) is 1. The van der Waals surface area contributed by atoms with Crippen molar-refractivity contribution in [1.29, 1.82) is 0 Å². The lowest BCUT2D eigenvalue weighted by molar-refractivity contribution is -0.870. The number of ether oxygens (including phenoxy) is 2. The number of unbranched alkanes of at least 4 members (excludes halogenated alkanes) is 31. The molecule has 9 nitrogen and oxygen atoms in total. The molecule has 2 unspecified atom stereocenters. The first-order chi connectivity index (χ1) is 30.5. The quantitative estimate of drug-likeness (QED) is 0.0211. The van der Waals surface area contributed by atoms with Gasteiger partial charge >= 0.3 is 19.8 Å². The third kappa shape index (κ3) is 49.8. The summed E-state index contributed by atoms with van der Waals surface area (Å²) in [6.07, 6.45) is 53.0. The Morgan fingerprint density at radius 2 is 0.857 bits per heavy atom.